The molecule has 27 heavy (non-hydrogen) atoms. The Morgan fingerprint density at radius 2 is 1.78 bits per heavy atom. The molecule has 0 fully saturated rings. The Morgan fingerprint density at radius 3 is 2.63 bits per heavy atom. The van der Waals surface area contributed by atoms with Gasteiger partial charge in [-0.05, 0) is 65.9 Å². The monoisotopic (exact) mass is 357 g/mol. The molecule has 0 spiro atoms. The SMILES string of the molecule is Cc1cc(F)ccc1-c1c(C)cccc1COc1cccc2cnccc12. The van der Waals surface area contributed by atoms with Crippen LogP contribution in [-0.4, -0.2) is 4.98 Å². The molecule has 0 saturated carbocycles. The maximum Gasteiger partial charge on any atom is 0.127 e. The number of pyridine rings is 1. The van der Waals surface area contributed by atoms with Gasteiger partial charge in [-0.25, -0.2) is 4.39 Å². The van der Waals surface area contributed by atoms with Crippen LogP contribution in [0.4, 0.5) is 4.39 Å². The maximum atomic E-state index is 13.6. The third-order valence-corrected chi connectivity index (χ3v) is 4.84. The van der Waals surface area contributed by atoms with Crippen LogP contribution in [0.2, 0.25) is 0 Å². The van der Waals surface area contributed by atoms with Crippen LogP contribution in [-0.2, 0) is 6.61 Å². The molecule has 0 radical (unpaired) electrons. The Bertz CT molecular complexity index is 1120. The summed E-state index contributed by atoms with van der Waals surface area (Å²) in [4.78, 5) is 4.17. The third-order valence-electron chi connectivity index (χ3n) is 4.84. The van der Waals surface area contributed by atoms with Crippen molar-refractivity contribution in [2.24, 2.45) is 0 Å². The van der Waals surface area contributed by atoms with E-state index in [1.807, 2.05) is 49.5 Å². The van der Waals surface area contributed by atoms with E-state index in [0.29, 0.717) is 6.61 Å². The van der Waals surface area contributed by atoms with Gasteiger partial charge in [-0.3, -0.25) is 4.98 Å². The second-order valence-corrected chi connectivity index (χ2v) is 6.71. The van der Waals surface area contributed by atoms with E-state index < -0.39 is 0 Å². The number of ether oxygens (including phenoxy) is 1. The van der Waals surface area contributed by atoms with Gasteiger partial charge in [0.2, 0.25) is 0 Å². The summed E-state index contributed by atoms with van der Waals surface area (Å²) in [5.74, 6) is 0.616. The molecular formula is C24H20FNO. The minimum atomic E-state index is -0.216. The molecule has 0 amide bonds. The summed E-state index contributed by atoms with van der Waals surface area (Å²) in [7, 11) is 0. The van der Waals surface area contributed by atoms with Crippen LogP contribution >= 0.6 is 0 Å². The predicted molar refractivity (Wildman–Crippen MR) is 107 cm³/mol. The average molecular weight is 357 g/mol. The highest BCUT2D eigenvalue weighted by atomic mass is 19.1. The van der Waals surface area contributed by atoms with E-state index in [0.717, 1.165) is 44.3 Å². The highest BCUT2D eigenvalue weighted by Crippen LogP contribution is 2.32. The zero-order chi connectivity index (χ0) is 18.8. The van der Waals surface area contributed by atoms with Crippen molar-refractivity contribution >= 4 is 10.8 Å². The number of benzene rings is 3. The first-order chi connectivity index (χ1) is 13.1. The molecule has 3 heteroatoms. The standard InChI is InChI=1S/C24H20FNO/c1-16-5-3-7-19(24(16)21-10-9-20(25)13-17(21)2)15-27-23-8-4-6-18-14-26-12-11-22(18)23/h3-14H,15H2,1-2H3. The fraction of sp³-hybridized carbons (Fsp3) is 0.125. The molecule has 0 N–H and O–H groups in total. The van der Waals surface area contributed by atoms with Gasteiger partial charge >= 0.3 is 0 Å². The number of aromatic nitrogens is 1. The molecule has 2 nitrogen and oxygen atoms in total. The van der Waals surface area contributed by atoms with Crippen molar-refractivity contribution in [2.75, 3.05) is 0 Å². The quantitative estimate of drug-likeness (QED) is 0.431. The lowest BCUT2D eigenvalue weighted by atomic mass is 9.92. The molecule has 4 rings (SSSR count). The molecule has 0 unspecified atom stereocenters. The Labute approximate surface area is 158 Å². The van der Waals surface area contributed by atoms with Crippen LogP contribution in [0.15, 0.2) is 73.1 Å². The van der Waals surface area contributed by atoms with Gasteiger partial charge in [0.15, 0.2) is 0 Å². The van der Waals surface area contributed by atoms with Crippen molar-refractivity contribution in [1.29, 1.82) is 0 Å². The van der Waals surface area contributed by atoms with E-state index >= 15 is 0 Å². The van der Waals surface area contributed by atoms with Gasteiger partial charge in [-0.15, -0.1) is 0 Å². The van der Waals surface area contributed by atoms with E-state index in [-0.39, 0.29) is 5.82 Å². The van der Waals surface area contributed by atoms with Gasteiger partial charge in [0.1, 0.15) is 18.2 Å². The fourth-order valence-corrected chi connectivity index (χ4v) is 3.52. The lowest BCUT2D eigenvalue weighted by Gasteiger charge is -2.16. The van der Waals surface area contributed by atoms with E-state index in [4.69, 9.17) is 4.74 Å². The van der Waals surface area contributed by atoms with E-state index in [9.17, 15) is 4.39 Å². The Balaban J connectivity index is 1.72. The van der Waals surface area contributed by atoms with Gasteiger partial charge < -0.3 is 4.74 Å². The van der Waals surface area contributed by atoms with E-state index in [1.54, 1.807) is 12.3 Å². The lowest BCUT2D eigenvalue weighted by Crippen LogP contribution is -2.01. The van der Waals surface area contributed by atoms with Crippen LogP contribution in [0, 0.1) is 19.7 Å². The van der Waals surface area contributed by atoms with Gasteiger partial charge in [-0.2, -0.15) is 0 Å². The topological polar surface area (TPSA) is 22.1 Å². The summed E-state index contributed by atoms with van der Waals surface area (Å²) >= 11 is 0. The first-order valence-corrected chi connectivity index (χ1v) is 8.94. The summed E-state index contributed by atoms with van der Waals surface area (Å²) < 4.78 is 19.7. The number of hydrogen-bond acceptors (Lipinski definition) is 2. The van der Waals surface area contributed by atoms with Crippen molar-refractivity contribution in [1.82, 2.24) is 4.98 Å². The molecule has 0 aliphatic carbocycles. The molecule has 3 aromatic carbocycles. The van der Waals surface area contributed by atoms with Crippen molar-refractivity contribution in [3.05, 3.63) is 95.6 Å². The molecule has 0 atom stereocenters. The molecular weight excluding hydrogens is 337 g/mol. The smallest absolute Gasteiger partial charge is 0.127 e. The zero-order valence-corrected chi connectivity index (χ0v) is 15.4. The van der Waals surface area contributed by atoms with Gasteiger partial charge in [0.25, 0.3) is 0 Å². The predicted octanol–water partition coefficient (Wildman–Crippen LogP) is 6.24. The number of hydrogen-bond donors (Lipinski definition) is 0. The number of fused-ring (bicyclic) bond motifs is 1. The van der Waals surface area contributed by atoms with Crippen LogP contribution in [0.5, 0.6) is 5.75 Å². The molecule has 4 aromatic rings. The van der Waals surface area contributed by atoms with Crippen molar-refractivity contribution in [3.8, 4) is 16.9 Å². The highest BCUT2D eigenvalue weighted by Gasteiger charge is 2.12. The van der Waals surface area contributed by atoms with E-state index in [1.165, 1.54) is 6.07 Å². The Kier molecular flexibility index (Phi) is 4.59. The molecule has 0 aliphatic rings. The fourth-order valence-electron chi connectivity index (χ4n) is 3.52. The lowest BCUT2D eigenvalue weighted by molar-refractivity contribution is 0.310. The normalized spacial score (nSPS) is 10.9. The van der Waals surface area contributed by atoms with Crippen molar-refractivity contribution in [2.45, 2.75) is 20.5 Å². The van der Waals surface area contributed by atoms with Crippen molar-refractivity contribution < 1.29 is 9.13 Å². The Hall–Kier alpha value is -3.20. The first-order valence-electron chi connectivity index (χ1n) is 8.94. The minimum Gasteiger partial charge on any atom is -0.488 e. The van der Waals surface area contributed by atoms with Crippen LogP contribution < -0.4 is 4.74 Å². The summed E-state index contributed by atoms with van der Waals surface area (Å²) in [5.41, 5.74) is 5.29. The molecule has 1 heterocycles. The highest BCUT2D eigenvalue weighted by molar-refractivity contribution is 5.87. The summed E-state index contributed by atoms with van der Waals surface area (Å²) in [6, 6.07) is 19.0. The van der Waals surface area contributed by atoms with Gasteiger partial charge in [0.05, 0.1) is 0 Å². The second kappa shape index (κ2) is 7.20. The Morgan fingerprint density at radius 1 is 0.926 bits per heavy atom. The average Bonchev–Trinajstić information content (AvgIpc) is 2.67. The van der Waals surface area contributed by atoms with Gasteiger partial charge in [-0.1, -0.05) is 36.4 Å². The molecule has 134 valence electrons. The molecule has 1 aromatic heterocycles. The molecule has 0 saturated heterocycles. The molecule has 0 aliphatic heterocycles. The molecule has 0 bridgehead atoms. The summed E-state index contributed by atoms with van der Waals surface area (Å²) in [5, 5.41) is 2.09. The van der Waals surface area contributed by atoms with Crippen LogP contribution in [0.3, 0.4) is 0 Å². The first kappa shape index (κ1) is 17.2. The zero-order valence-electron chi connectivity index (χ0n) is 15.4. The summed E-state index contributed by atoms with van der Waals surface area (Å²) in [6.07, 6.45) is 3.61. The number of nitrogens with zero attached hydrogens (tertiary/aromatic N) is 1. The van der Waals surface area contributed by atoms with Crippen molar-refractivity contribution in [3.63, 3.8) is 0 Å². The minimum absolute atomic E-state index is 0.216. The van der Waals surface area contributed by atoms with Gasteiger partial charge in [0, 0.05) is 23.2 Å². The van der Waals surface area contributed by atoms with E-state index in [2.05, 4.69) is 24.0 Å². The van der Waals surface area contributed by atoms with Crippen LogP contribution in [0.25, 0.3) is 21.9 Å². The third kappa shape index (κ3) is 3.41. The number of aryl methyl sites for hydroxylation is 2. The van der Waals surface area contributed by atoms with Crippen LogP contribution in [0.1, 0.15) is 16.7 Å². The number of rotatable bonds is 4. The summed E-state index contributed by atoms with van der Waals surface area (Å²) in [6.45, 7) is 4.45. The maximum absolute atomic E-state index is 13.6. The second-order valence-electron chi connectivity index (χ2n) is 6.71. The number of halogens is 1. The largest absolute Gasteiger partial charge is 0.488 e.